The number of anilines is 3. The van der Waals surface area contributed by atoms with Crippen LogP contribution in [0.25, 0.3) is 66.3 Å². The van der Waals surface area contributed by atoms with Gasteiger partial charge < -0.3 is 14.0 Å². The zero-order valence-electron chi connectivity index (χ0n) is 30.9. The number of hydrogen-bond acceptors (Lipinski definition) is 1. The third-order valence-corrected chi connectivity index (χ3v) is 10.9. The van der Waals surface area contributed by atoms with Gasteiger partial charge in [-0.05, 0) is 121 Å². The van der Waals surface area contributed by atoms with Gasteiger partial charge in [0.2, 0.25) is 0 Å². The van der Waals surface area contributed by atoms with Crippen LogP contribution in [-0.2, 0) is 0 Å². The predicted molar refractivity (Wildman–Crippen MR) is 233 cm³/mol. The van der Waals surface area contributed by atoms with Gasteiger partial charge in [-0.2, -0.15) is 0 Å². The van der Waals surface area contributed by atoms with Gasteiger partial charge in [-0.1, -0.05) is 120 Å². The number of fused-ring (bicyclic) bond motifs is 5. The molecule has 0 spiro atoms. The van der Waals surface area contributed by atoms with Crippen molar-refractivity contribution in [1.82, 2.24) is 9.13 Å². The lowest BCUT2D eigenvalue weighted by Gasteiger charge is -2.26. The molecule has 10 aromatic rings. The first-order chi connectivity index (χ1) is 27.1. The Morgan fingerprint density at radius 1 is 0.364 bits per heavy atom. The van der Waals surface area contributed by atoms with Gasteiger partial charge in [-0.3, -0.25) is 0 Å². The molecule has 0 fully saturated rings. The highest BCUT2D eigenvalue weighted by molar-refractivity contribution is 6.18. The lowest BCUT2D eigenvalue weighted by Crippen LogP contribution is -2.10. The van der Waals surface area contributed by atoms with Gasteiger partial charge in [0.15, 0.2) is 0 Å². The molecule has 0 aliphatic heterocycles. The van der Waals surface area contributed by atoms with Crippen molar-refractivity contribution in [3.63, 3.8) is 0 Å². The van der Waals surface area contributed by atoms with E-state index in [0.717, 1.165) is 28.4 Å². The second-order valence-corrected chi connectivity index (χ2v) is 14.5. The third-order valence-electron chi connectivity index (χ3n) is 10.9. The van der Waals surface area contributed by atoms with E-state index in [1.54, 1.807) is 0 Å². The van der Waals surface area contributed by atoms with Gasteiger partial charge in [0.25, 0.3) is 0 Å². The number of para-hydroxylation sites is 1. The summed E-state index contributed by atoms with van der Waals surface area (Å²) >= 11 is 0. The first-order valence-electron chi connectivity index (χ1n) is 18.9. The number of hydrogen-bond donors (Lipinski definition) is 0. The van der Waals surface area contributed by atoms with E-state index in [0.29, 0.717) is 0 Å². The standard InChI is InChI=1S/C52H39N3/c1-36-17-21-42(22-18-36)54(43-23-19-37(2)20-24-43)44-25-27-45(28-26-44)55-51-16-10-9-15-47(51)48-29-30-50-49(52(48)55)31-32-53(50)46-34-40(38-11-5-3-6-12-38)33-41(35-46)39-13-7-4-8-14-39/h3-35H,1-2H3. The van der Waals surface area contributed by atoms with Crippen molar-refractivity contribution in [3.8, 4) is 33.6 Å². The van der Waals surface area contributed by atoms with Crippen LogP contribution in [0.1, 0.15) is 11.1 Å². The number of aromatic nitrogens is 2. The topological polar surface area (TPSA) is 13.1 Å². The number of rotatable bonds is 7. The zero-order valence-corrected chi connectivity index (χ0v) is 30.9. The number of benzene rings is 8. The average molecular weight is 706 g/mol. The van der Waals surface area contributed by atoms with Crippen molar-refractivity contribution < 1.29 is 0 Å². The Hall–Kier alpha value is -7.10. The summed E-state index contributed by atoms with van der Waals surface area (Å²) in [5.74, 6) is 0. The Labute approximate surface area is 321 Å². The fourth-order valence-electron chi connectivity index (χ4n) is 8.10. The molecule has 2 heterocycles. The van der Waals surface area contributed by atoms with Crippen LogP contribution in [0, 0.1) is 13.8 Å². The molecule has 0 saturated heterocycles. The first kappa shape index (κ1) is 32.5. The Morgan fingerprint density at radius 2 is 0.891 bits per heavy atom. The van der Waals surface area contributed by atoms with E-state index in [1.165, 1.54) is 66.1 Å². The maximum absolute atomic E-state index is 2.44. The van der Waals surface area contributed by atoms with Crippen molar-refractivity contribution >= 4 is 49.8 Å². The summed E-state index contributed by atoms with van der Waals surface area (Å²) in [5, 5.41) is 3.70. The molecular weight excluding hydrogens is 667 g/mol. The zero-order chi connectivity index (χ0) is 36.9. The summed E-state index contributed by atoms with van der Waals surface area (Å²) in [6, 6.07) is 70.5. The normalized spacial score (nSPS) is 11.5. The van der Waals surface area contributed by atoms with E-state index in [4.69, 9.17) is 0 Å². The van der Waals surface area contributed by atoms with Crippen molar-refractivity contribution in [3.05, 3.63) is 211 Å². The summed E-state index contributed by atoms with van der Waals surface area (Å²) < 4.78 is 4.79. The minimum Gasteiger partial charge on any atom is -0.316 e. The monoisotopic (exact) mass is 705 g/mol. The molecule has 3 heteroatoms. The molecule has 0 aliphatic carbocycles. The van der Waals surface area contributed by atoms with E-state index in [1.807, 2.05) is 0 Å². The summed E-state index contributed by atoms with van der Waals surface area (Å²) in [6.45, 7) is 4.27. The van der Waals surface area contributed by atoms with Crippen LogP contribution in [0.2, 0.25) is 0 Å². The Bertz CT molecular complexity index is 2850. The smallest absolute Gasteiger partial charge is 0.0635 e. The maximum Gasteiger partial charge on any atom is 0.0635 e. The highest BCUT2D eigenvalue weighted by atomic mass is 15.1. The fourth-order valence-corrected chi connectivity index (χ4v) is 8.10. The van der Waals surface area contributed by atoms with Crippen LogP contribution in [0.3, 0.4) is 0 Å². The Balaban J connectivity index is 1.14. The first-order valence-corrected chi connectivity index (χ1v) is 18.9. The maximum atomic E-state index is 2.44. The SMILES string of the molecule is Cc1ccc(N(c2ccc(C)cc2)c2ccc(-n3c4ccccc4c4ccc5c(ccn5-c5cc(-c6ccccc6)cc(-c6ccccc6)c5)c43)cc2)cc1. The highest BCUT2D eigenvalue weighted by Gasteiger charge is 2.19. The molecule has 0 N–H and O–H groups in total. The van der Waals surface area contributed by atoms with E-state index < -0.39 is 0 Å². The summed E-state index contributed by atoms with van der Waals surface area (Å²) in [4.78, 5) is 2.33. The van der Waals surface area contributed by atoms with Crippen LogP contribution in [-0.4, -0.2) is 9.13 Å². The second kappa shape index (κ2) is 13.4. The lowest BCUT2D eigenvalue weighted by molar-refractivity contribution is 1.13. The molecule has 3 nitrogen and oxygen atoms in total. The molecule has 0 amide bonds. The Kier molecular flexibility index (Phi) is 7.92. The summed E-state index contributed by atoms with van der Waals surface area (Å²) in [7, 11) is 0. The largest absolute Gasteiger partial charge is 0.316 e. The van der Waals surface area contributed by atoms with Crippen molar-refractivity contribution in [2.45, 2.75) is 13.8 Å². The third kappa shape index (κ3) is 5.78. The van der Waals surface area contributed by atoms with Crippen molar-refractivity contribution in [2.75, 3.05) is 4.90 Å². The van der Waals surface area contributed by atoms with Crippen LogP contribution >= 0.6 is 0 Å². The minimum absolute atomic E-state index is 1.11. The summed E-state index contributed by atoms with van der Waals surface area (Å²) in [5.41, 5.74) is 16.5. The molecule has 0 unspecified atom stereocenters. The molecule has 0 atom stereocenters. The van der Waals surface area contributed by atoms with Crippen molar-refractivity contribution in [2.24, 2.45) is 0 Å². The highest BCUT2D eigenvalue weighted by Crippen LogP contribution is 2.40. The van der Waals surface area contributed by atoms with Crippen LogP contribution in [0.4, 0.5) is 17.1 Å². The van der Waals surface area contributed by atoms with E-state index >= 15 is 0 Å². The molecule has 262 valence electrons. The van der Waals surface area contributed by atoms with Gasteiger partial charge in [-0.25, -0.2) is 0 Å². The molecule has 2 aromatic heterocycles. The van der Waals surface area contributed by atoms with E-state index in [-0.39, 0.29) is 0 Å². The molecule has 0 aliphatic rings. The van der Waals surface area contributed by atoms with Crippen molar-refractivity contribution in [1.29, 1.82) is 0 Å². The van der Waals surface area contributed by atoms with E-state index in [2.05, 4.69) is 228 Å². The van der Waals surface area contributed by atoms with Crippen LogP contribution < -0.4 is 4.90 Å². The van der Waals surface area contributed by atoms with E-state index in [9.17, 15) is 0 Å². The van der Waals surface area contributed by atoms with Gasteiger partial charge >= 0.3 is 0 Å². The van der Waals surface area contributed by atoms with Gasteiger partial charge in [-0.15, -0.1) is 0 Å². The van der Waals surface area contributed by atoms with Gasteiger partial charge in [0.1, 0.15) is 0 Å². The average Bonchev–Trinajstić information content (AvgIpc) is 3.83. The molecule has 8 aromatic carbocycles. The molecule has 55 heavy (non-hydrogen) atoms. The number of aryl methyl sites for hydroxylation is 2. The fraction of sp³-hybridized carbons (Fsp3) is 0.0385. The molecule has 0 radical (unpaired) electrons. The minimum atomic E-state index is 1.11. The second-order valence-electron chi connectivity index (χ2n) is 14.5. The summed E-state index contributed by atoms with van der Waals surface area (Å²) in [6.07, 6.45) is 2.23. The predicted octanol–water partition coefficient (Wildman–Crippen LogP) is 14.1. The number of nitrogens with zero attached hydrogens (tertiary/aromatic N) is 3. The van der Waals surface area contributed by atoms with Crippen LogP contribution in [0.5, 0.6) is 0 Å². The molecular formula is C52H39N3. The van der Waals surface area contributed by atoms with Gasteiger partial charge in [0.05, 0.1) is 16.6 Å². The molecule has 0 saturated carbocycles. The lowest BCUT2D eigenvalue weighted by atomic mass is 9.98. The quantitative estimate of drug-likeness (QED) is 0.161. The molecule has 0 bridgehead atoms. The molecule has 10 rings (SSSR count). The van der Waals surface area contributed by atoms with Crippen LogP contribution in [0.15, 0.2) is 200 Å². The van der Waals surface area contributed by atoms with Gasteiger partial charge in [0, 0.05) is 50.8 Å². The Morgan fingerprint density at radius 3 is 1.47 bits per heavy atom.